The van der Waals surface area contributed by atoms with Gasteiger partial charge in [0.1, 0.15) is 0 Å². The molecule has 0 saturated carbocycles. The highest BCUT2D eigenvalue weighted by molar-refractivity contribution is 7.99. The number of hydrogen-bond donors (Lipinski definition) is 1. The van der Waals surface area contributed by atoms with Crippen LogP contribution in [0.25, 0.3) is 0 Å². The van der Waals surface area contributed by atoms with E-state index in [-0.39, 0.29) is 0 Å². The van der Waals surface area contributed by atoms with E-state index < -0.39 is 0 Å². The first-order valence-corrected chi connectivity index (χ1v) is 7.16. The summed E-state index contributed by atoms with van der Waals surface area (Å²) in [5, 5.41) is 3.43. The van der Waals surface area contributed by atoms with E-state index in [1.807, 2.05) is 11.8 Å². The highest BCUT2D eigenvalue weighted by atomic mass is 32.2. The average molecular weight is 237 g/mol. The second-order valence-corrected chi connectivity index (χ2v) is 5.55. The molecule has 0 aliphatic rings. The van der Waals surface area contributed by atoms with Gasteiger partial charge in [-0.05, 0) is 29.9 Å². The molecule has 0 aliphatic heterocycles. The number of nitrogens with one attached hydrogen (secondary N) is 1. The molecule has 16 heavy (non-hydrogen) atoms. The molecule has 1 N–H and O–H groups in total. The van der Waals surface area contributed by atoms with Gasteiger partial charge in [0, 0.05) is 17.5 Å². The maximum absolute atomic E-state index is 3.43. The highest BCUT2D eigenvalue weighted by Gasteiger charge is 1.97. The zero-order chi connectivity index (χ0) is 11.8. The lowest BCUT2D eigenvalue weighted by molar-refractivity contribution is 0.588. The third-order valence-corrected chi connectivity index (χ3v) is 3.50. The number of unbranched alkanes of at least 4 members (excludes halogenated alkanes) is 1. The monoisotopic (exact) mass is 237 g/mol. The third kappa shape index (κ3) is 5.57. The minimum Gasteiger partial charge on any atom is -0.310 e. The molecule has 0 radical (unpaired) electrons. The summed E-state index contributed by atoms with van der Waals surface area (Å²) in [6.45, 7) is 7.56. The predicted molar refractivity (Wildman–Crippen MR) is 74.0 cm³/mol. The van der Waals surface area contributed by atoms with Gasteiger partial charge in [0.25, 0.3) is 0 Å². The standard InChI is InChI=1S/C14H23NS/c1-4-5-10-16-14-8-6-13(7-9-14)11-15-12(2)3/h6-9,12,15H,4-5,10-11H2,1-3H3. The van der Waals surface area contributed by atoms with E-state index in [4.69, 9.17) is 0 Å². The van der Waals surface area contributed by atoms with Crippen molar-refractivity contribution in [3.8, 4) is 0 Å². The van der Waals surface area contributed by atoms with Gasteiger partial charge in [0.2, 0.25) is 0 Å². The summed E-state index contributed by atoms with van der Waals surface area (Å²) in [6.07, 6.45) is 2.59. The van der Waals surface area contributed by atoms with Gasteiger partial charge in [-0.2, -0.15) is 0 Å². The van der Waals surface area contributed by atoms with Crippen molar-refractivity contribution in [1.29, 1.82) is 0 Å². The Hall–Kier alpha value is -0.470. The third-order valence-electron chi connectivity index (χ3n) is 2.40. The number of benzene rings is 1. The molecule has 1 aromatic rings. The SMILES string of the molecule is CCCCSc1ccc(CNC(C)C)cc1. The topological polar surface area (TPSA) is 12.0 Å². The van der Waals surface area contributed by atoms with Crippen LogP contribution in [0, 0.1) is 0 Å². The Labute approximate surface area is 104 Å². The van der Waals surface area contributed by atoms with Crippen LogP contribution in [0.1, 0.15) is 39.2 Å². The second kappa shape index (κ2) is 7.75. The van der Waals surface area contributed by atoms with Crippen molar-refractivity contribution in [3.05, 3.63) is 29.8 Å². The van der Waals surface area contributed by atoms with Gasteiger partial charge in [-0.3, -0.25) is 0 Å². The van der Waals surface area contributed by atoms with Gasteiger partial charge < -0.3 is 5.32 Å². The number of rotatable bonds is 7. The van der Waals surface area contributed by atoms with E-state index in [0.717, 1.165) is 6.54 Å². The molecule has 0 fully saturated rings. The summed E-state index contributed by atoms with van der Waals surface area (Å²) in [5.41, 5.74) is 1.37. The van der Waals surface area contributed by atoms with Crippen molar-refractivity contribution in [2.24, 2.45) is 0 Å². The van der Waals surface area contributed by atoms with Crippen molar-refractivity contribution in [2.45, 2.75) is 51.1 Å². The lowest BCUT2D eigenvalue weighted by atomic mass is 10.2. The quantitative estimate of drug-likeness (QED) is 0.566. The lowest BCUT2D eigenvalue weighted by Crippen LogP contribution is -2.21. The molecule has 0 spiro atoms. The van der Waals surface area contributed by atoms with Crippen molar-refractivity contribution in [1.82, 2.24) is 5.32 Å². The Bertz CT molecular complexity index is 279. The van der Waals surface area contributed by atoms with Crippen molar-refractivity contribution >= 4 is 11.8 Å². The molecule has 1 aromatic carbocycles. The molecule has 1 nitrogen and oxygen atoms in total. The van der Waals surface area contributed by atoms with E-state index in [9.17, 15) is 0 Å². The van der Waals surface area contributed by atoms with Crippen LogP contribution in [0.3, 0.4) is 0 Å². The summed E-state index contributed by atoms with van der Waals surface area (Å²) >= 11 is 1.96. The number of hydrogen-bond acceptors (Lipinski definition) is 2. The van der Waals surface area contributed by atoms with Gasteiger partial charge in [-0.15, -0.1) is 11.8 Å². The second-order valence-electron chi connectivity index (χ2n) is 4.38. The largest absolute Gasteiger partial charge is 0.310 e. The fraction of sp³-hybridized carbons (Fsp3) is 0.571. The lowest BCUT2D eigenvalue weighted by Gasteiger charge is -2.08. The summed E-state index contributed by atoms with van der Waals surface area (Å²) < 4.78 is 0. The maximum Gasteiger partial charge on any atom is 0.0207 e. The molecule has 0 aromatic heterocycles. The van der Waals surface area contributed by atoms with Crippen LogP contribution in [0.2, 0.25) is 0 Å². The van der Waals surface area contributed by atoms with E-state index in [1.165, 1.54) is 29.1 Å². The molecule has 2 heteroatoms. The van der Waals surface area contributed by atoms with Crippen LogP contribution in [0.4, 0.5) is 0 Å². The Balaban J connectivity index is 2.35. The molecule has 0 unspecified atom stereocenters. The molecule has 0 aliphatic carbocycles. The average Bonchev–Trinajstić information content (AvgIpc) is 2.28. The molecule has 1 rings (SSSR count). The predicted octanol–water partition coefficient (Wildman–Crippen LogP) is 4.08. The van der Waals surface area contributed by atoms with Crippen LogP contribution >= 0.6 is 11.8 Å². The van der Waals surface area contributed by atoms with Gasteiger partial charge in [0.15, 0.2) is 0 Å². The fourth-order valence-corrected chi connectivity index (χ4v) is 2.36. The molecule has 0 saturated heterocycles. The van der Waals surface area contributed by atoms with Crippen LogP contribution in [0.15, 0.2) is 29.2 Å². The molecular formula is C14H23NS. The Morgan fingerprint density at radius 1 is 1.19 bits per heavy atom. The first kappa shape index (κ1) is 13.6. The first-order chi connectivity index (χ1) is 7.72. The Kier molecular flexibility index (Phi) is 6.58. The Morgan fingerprint density at radius 3 is 2.44 bits per heavy atom. The summed E-state index contributed by atoms with van der Waals surface area (Å²) in [5.74, 6) is 1.24. The molecule has 0 bridgehead atoms. The summed E-state index contributed by atoms with van der Waals surface area (Å²) in [4.78, 5) is 1.39. The fourth-order valence-electron chi connectivity index (χ4n) is 1.36. The Morgan fingerprint density at radius 2 is 1.88 bits per heavy atom. The highest BCUT2D eigenvalue weighted by Crippen LogP contribution is 2.19. The maximum atomic E-state index is 3.43. The summed E-state index contributed by atoms with van der Waals surface area (Å²) in [6, 6.07) is 9.47. The van der Waals surface area contributed by atoms with Crippen molar-refractivity contribution < 1.29 is 0 Å². The van der Waals surface area contributed by atoms with Gasteiger partial charge in [-0.25, -0.2) is 0 Å². The van der Waals surface area contributed by atoms with Gasteiger partial charge >= 0.3 is 0 Å². The van der Waals surface area contributed by atoms with Crippen LogP contribution in [-0.2, 0) is 6.54 Å². The van der Waals surface area contributed by atoms with E-state index in [2.05, 4.69) is 50.4 Å². The molecule has 0 atom stereocenters. The zero-order valence-corrected chi connectivity index (χ0v) is 11.4. The minimum atomic E-state index is 0.554. The summed E-state index contributed by atoms with van der Waals surface area (Å²) in [7, 11) is 0. The number of thioether (sulfide) groups is 1. The molecule has 0 amide bonds. The van der Waals surface area contributed by atoms with Crippen molar-refractivity contribution in [2.75, 3.05) is 5.75 Å². The molecule has 90 valence electrons. The van der Waals surface area contributed by atoms with Crippen molar-refractivity contribution in [3.63, 3.8) is 0 Å². The van der Waals surface area contributed by atoms with Gasteiger partial charge in [-0.1, -0.05) is 39.3 Å². The normalized spacial score (nSPS) is 11.0. The molecule has 0 heterocycles. The van der Waals surface area contributed by atoms with Crippen LogP contribution < -0.4 is 5.32 Å². The first-order valence-electron chi connectivity index (χ1n) is 6.17. The van der Waals surface area contributed by atoms with E-state index >= 15 is 0 Å². The van der Waals surface area contributed by atoms with E-state index in [0.29, 0.717) is 6.04 Å². The molecular weight excluding hydrogens is 214 g/mol. The van der Waals surface area contributed by atoms with Crippen LogP contribution in [0.5, 0.6) is 0 Å². The van der Waals surface area contributed by atoms with Crippen LogP contribution in [-0.4, -0.2) is 11.8 Å². The van der Waals surface area contributed by atoms with E-state index in [1.54, 1.807) is 0 Å². The minimum absolute atomic E-state index is 0.554. The van der Waals surface area contributed by atoms with Gasteiger partial charge in [0.05, 0.1) is 0 Å². The smallest absolute Gasteiger partial charge is 0.0207 e. The zero-order valence-electron chi connectivity index (χ0n) is 10.6.